The van der Waals surface area contributed by atoms with E-state index in [-0.39, 0.29) is 6.17 Å². The summed E-state index contributed by atoms with van der Waals surface area (Å²) in [6, 6.07) is 19.2. The Balaban J connectivity index is 1.95. The first-order valence-electron chi connectivity index (χ1n) is 6.67. The Morgan fingerprint density at radius 2 is 1.71 bits per heavy atom. The van der Waals surface area contributed by atoms with Gasteiger partial charge in [-0.25, -0.2) is 0 Å². The van der Waals surface area contributed by atoms with E-state index in [4.69, 9.17) is 12.2 Å². The Morgan fingerprint density at radius 3 is 2.33 bits per heavy atom. The maximum atomic E-state index is 10.6. The molecule has 2 aromatic rings. The molecular weight excluding hydrogens is 282 g/mol. The lowest BCUT2D eigenvalue weighted by atomic mass is 10.1. The van der Waals surface area contributed by atoms with Crippen LogP contribution in [0, 0.1) is 0 Å². The van der Waals surface area contributed by atoms with Crippen molar-refractivity contribution in [2.45, 2.75) is 12.3 Å². The van der Waals surface area contributed by atoms with Crippen molar-refractivity contribution in [2.75, 3.05) is 4.90 Å². The van der Waals surface area contributed by atoms with Crippen molar-refractivity contribution < 1.29 is 5.11 Å². The summed E-state index contributed by atoms with van der Waals surface area (Å²) in [5, 5.41) is 16.5. The number of anilines is 1. The van der Waals surface area contributed by atoms with Gasteiger partial charge in [-0.2, -0.15) is 5.10 Å². The van der Waals surface area contributed by atoms with Gasteiger partial charge < -0.3 is 5.11 Å². The molecule has 1 aliphatic rings. The third-order valence-corrected chi connectivity index (χ3v) is 3.62. The zero-order chi connectivity index (χ0) is 14.7. The van der Waals surface area contributed by atoms with Gasteiger partial charge in [-0.3, -0.25) is 10.3 Å². The lowest BCUT2D eigenvalue weighted by Gasteiger charge is -2.26. The van der Waals surface area contributed by atoms with Crippen LogP contribution in [0.3, 0.4) is 0 Å². The van der Waals surface area contributed by atoms with E-state index >= 15 is 0 Å². The number of hydrogen-bond acceptors (Lipinski definition) is 5. The molecular formula is C16H15N3OS. The fourth-order valence-electron chi connectivity index (χ4n) is 2.34. The quantitative estimate of drug-likeness (QED) is 0.851. The molecule has 21 heavy (non-hydrogen) atoms. The first-order valence-corrected chi connectivity index (χ1v) is 7.14. The summed E-state index contributed by atoms with van der Waals surface area (Å²) < 4.78 is 0. The molecule has 0 saturated heterocycles. The van der Waals surface area contributed by atoms with Gasteiger partial charge in [0.1, 0.15) is 12.3 Å². The number of thiocarbonyl (C=S) groups is 1. The van der Waals surface area contributed by atoms with Crippen molar-refractivity contribution >= 4 is 29.1 Å². The van der Waals surface area contributed by atoms with Crippen molar-refractivity contribution in [2.24, 2.45) is 5.10 Å². The van der Waals surface area contributed by atoms with E-state index < -0.39 is 6.10 Å². The van der Waals surface area contributed by atoms with Crippen LogP contribution in [0.4, 0.5) is 5.69 Å². The molecule has 0 radical (unpaired) electrons. The smallest absolute Gasteiger partial charge is 0.164 e. The average Bonchev–Trinajstić information content (AvgIpc) is 2.99. The highest BCUT2D eigenvalue weighted by molar-refractivity contribution is 7.79. The van der Waals surface area contributed by atoms with E-state index in [0.29, 0.717) is 5.84 Å². The van der Waals surface area contributed by atoms with Gasteiger partial charge in [0.2, 0.25) is 0 Å². The van der Waals surface area contributed by atoms with Gasteiger partial charge in [-0.15, -0.1) is 0 Å². The molecule has 4 nitrogen and oxygen atoms in total. The van der Waals surface area contributed by atoms with Gasteiger partial charge in [0.15, 0.2) is 5.84 Å². The van der Waals surface area contributed by atoms with E-state index in [1.54, 1.807) is 5.37 Å². The van der Waals surface area contributed by atoms with Crippen LogP contribution in [0.1, 0.15) is 11.7 Å². The number of hydrogen-bond donors (Lipinski definition) is 2. The van der Waals surface area contributed by atoms with Gasteiger partial charge in [0.05, 0.1) is 0 Å². The van der Waals surface area contributed by atoms with Crippen LogP contribution in [0.25, 0.3) is 0 Å². The zero-order valence-corrected chi connectivity index (χ0v) is 12.1. The minimum absolute atomic E-state index is 0.240. The summed E-state index contributed by atoms with van der Waals surface area (Å²) in [6.45, 7) is 0. The zero-order valence-electron chi connectivity index (χ0n) is 11.3. The second-order valence-corrected chi connectivity index (χ2v) is 4.97. The van der Waals surface area contributed by atoms with Crippen LogP contribution in [-0.4, -0.2) is 22.5 Å². The Morgan fingerprint density at radius 1 is 1.10 bits per heavy atom. The highest BCUT2D eigenvalue weighted by Crippen LogP contribution is 2.25. The molecule has 0 fully saturated rings. The summed E-state index contributed by atoms with van der Waals surface area (Å²) in [4.78, 5) is 1.91. The first-order chi connectivity index (χ1) is 10.3. The number of para-hydroxylation sites is 1. The number of amidine groups is 1. The fourth-order valence-corrected chi connectivity index (χ4v) is 2.52. The minimum Gasteiger partial charge on any atom is -0.380 e. The molecule has 2 unspecified atom stereocenters. The van der Waals surface area contributed by atoms with E-state index in [1.807, 2.05) is 65.6 Å². The third kappa shape index (κ3) is 2.66. The summed E-state index contributed by atoms with van der Waals surface area (Å²) in [7, 11) is 0. The molecule has 0 amide bonds. The summed E-state index contributed by atoms with van der Waals surface area (Å²) >= 11 is 5.06. The van der Waals surface area contributed by atoms with Crippen molar-refractivity contribution in [1.82, 2.24) is 5.43 Å². The number of nitrogens with one attached hydrogen (secondary N) is 1. The molecule has 2 atom stereocenters. The number of benzene rings is 2. The van der Waals surface area contributed by atoms with Crippen LogP contribution in [0.2, 0.25) is 0 Å². The number of aliphatic hydroxyl groups is 1. The van der Waals surface area contributed by atoms with Crippen LogP contribution >= 0.6 is 12.2 Å². The number of hydrazone groups is 1. The van der Waals surface area contributed by atoms with Crippen molar-refractivity contribution in [3.63, 3.8) is 0 Å². The molecule has 0 spiro atoms. The lowest BCUT2D eigenvalue weighted by molar-refractivity contribution is 0.246. The van der Waals surface area contributed by atoms with E-state index in [9.17, 15) is 5.11 Å². The number of rotatable bonds is 4. The van der Waals surface area contributed by atoms with Gasteiger partial charge in [0, 0.05) is 11.1 Å². The SMILES string of the molecule is OC(C1=NNC(C=S)N1c1ccccc1)c1ccccc1. The summed E-state index contributed by atoms with van der Waals surface area (Å²) in [5.74, 6) is 0.540. The van der Waals surface area contributed by atoms with Gasteiger partial charge in [0.25, 0.3) is 0 Å². The van der Waals surface area contributed by atoms with Crippen molar-refractivity contribution in [3.05, 3.63) is 66.2 Å². The van der Waals surface area contributed by atoms with E-state index in [2.05, 4.69) is 10.5 Å². The topological polar surface area (TPSA) is 47.9 Å². The standard InChI is InChI=1S/C16H15N3OS/c20-15(12-7-3-1-4-8-12)16-18-17-14(11-21)19(16)13-9-5-2-6-10-13/h1-11,14-15,17,20H. The Bertz CT molecular complexity index is 645. The first kappa shape index (κ1) is 13.7. The van der Waals surface area contributed by atoms with Gasteiger partial charge in [-0.05, 0) is 17.7 Å². The van der Waals surface area contributed by atoms with Crippen molar-refractivity contribution in [3.8, 4) is 0 Å². The van der Waals surface area contributed by atoms with E-state index in [1.165, 1.54) is 0 Å². The Kier molecular flexibility index (Phi) is 3.94. The molecule has 0 aliphatic carbocycles. The Labute approximate surface area is 128 Å². The highest BCUT2D eigenvalue weighted by Gasteiger charge is 2.32. The fraction of sp³-hybridized carbons (Fsp3) is 0.125. The third-order valence-electron chi connectivity index (χ3n) is 3.36. The molecule has 0 aromatic heterocycles. The van der Waals surface area contributed by atoms with Crippen LogP contribution in [0.5, 0.6) is 0 Å². The highest BCUT2D eigenvalue weighted by atomic mass is 32.1. The molecule has 1 heterocycles. The monoisotopic (exact) mass is 297 g/mol. The second-order valence-electron chi connectivity index (χ2n) is 4.70. The Hall–Kier alpha value is -2.24. The minimum atomic E-state index is -0.807. The van der Waals surface area contributed by atoms with Gasteiger partial charge in [-0.1, -0.05) is 60.7 Å². The predicted molar refractivity (Wildman–Crippen MR) is 88.3 cm³/mol. The second kappa shape index (κ2) is 6.03. The normalized spacial score (nSPS) is 18.8. The predicted octanol–water partition coefficient (Wildman–Crippen LogP) is 2.47. The van der Waals surface area contributed by atoms with Crippen LogP contribution in [-0.2, 0) is 0 Å². The molecule has 0 bridgehead atoms. The molecule has 1 aliphatic heterocycles. The molecule has 3 rings (SSSR count). The van der Waals surface area contributed by atoms with E-state index in [0.717, 1.165) is 11.3 Å². The largest absolute Gasteiger partial charge is 0.380 e. The molecule has 2 aromatic carbocycles. The van der Waals surface area contributed by atoms with Gasteiger partial charge >= 0.3 is 0 Å². The number of aliphatic hydroxyl groups excluding tert-OH is 1. The molecule has 5 heteroatoms. The molecule has 2 N–H and O–H groups in total. The maximum absolute atomic E-state index is 10.6. The van der Waals surface area contributed by atoms with Crippen LogP contribution in [0.15, 0.2) is 65.8 Å². The molecule has 0 saturated carbocycles. The average molecular weight is 297 g/mol. The van der Waals surface area contributed by atoms with Crippen molar-refractivity contribution in [1.29, 1.82) is 0 Å². The summed E-state index contributed by atoms with van der Waals surface area (Å²) in [6.07, 6.45) is -1.05. The maximum Gasteiger partial charge on any atom is 0.164 e. The summed E-state index contributed by atoms with van der Waals surface area (Å²) in [5.41, 5.74) is 4.68. The number of nitrogens with zero attached hydrogens (tertiary/aromatic N) is 2. The van der Waals surface area contributed by atoms with Crippen LogP contribution < -0.4 is 10.3 Å². The lowest BCUT2D eigenvalue weighted by Crippen LogP contribution is -2.42. The molecule has 106 valence electrons.